The fourth-order valence-corrected chi connectivity index (χ4v) is 3.39. The molecule has 0 unspecified atom stereocenters. The van der Waals surface area contributed by atoms with E-state index in [2.05, 4.69) is 0 Å². The molecule has 0 N–H and O–H groups in total. The highest BCUT2D eigenvalue weighted by Gasteiger charge is 2.35. The van der Waals surface area contributed by atoms with Gasteiger partial charge in [0.05, 0.1) is 17.0 Å². The quantitative estimate of drug-likeness (QED) is 0.593. The van der Waals surface area contributed by atoms with E-state index in [-0.39, 0.29) is 18.1 Å². The third-order valence-electron chi connectivity index (χ3n) is 3.81. The molecule has 1 aliphatic rings. The molecule has 2 aromatic rings. The Kier molecular flexibility index (Phi) is 6.00. The Hall–Kier alpha value is -2.45. The zero-order valence-corrected chi connectivity index (χ0v) is 15.8. The van der Waals surface area contributed by atoms with Crippen LogP contribution in [0.2, 0.25) is 5.02 Å². The lowest BCUT2D eigenvalue weighted by molar-refractivity contribution is -0.137. The fourth-order valence-electron chi connectivity index (χ4n) is 2.40. The number of thioether (sulfide) groups is 1. The van der Waals surface area contributed by atoms with E-state index in [0.29, 0.717) is 16.3 Å². The van der Waals surface area contributed by atoms with E-state index in [4.69, 9.17) is 16.3 Å². The van der Waals surface area contributed by atoms with Gasteiger partial charge in [-0.2, -0.15) is 13.2 Å². The van der Waals surface area contributed by atoms with Gasteiger partial charge in [0.15, 0.2) is 0 Å². The standard InChI is InChI=1S/C19H13ClF3NO3S/c20-14-5-7-15(8-6-14)27-10-9-24-17(25)16(28-18(24)26)11-12-1-3-13(4-2-12)19(21,22)23/h1-8,11H,9-10H2/b16-11-. The first kappa shape index (κ1) is 20.3. The summed E-state index contributed by atoms with van der Waals surface area (Å²) >= 11 is 6.52. The van der Waals surface area contributed by atoms with Crippen molar-refractivity contribution in [2.45, 2.75) is 6.18 Å². The summed E-state index contributed by atoms with van der Waals surface area (Å²) < 4.78 is 43.3. The summed E-state index contributed by atoms with van der Waals surface area (Å²) in [6.45, 7) is 0.158. The van der Waals surface area contributed by atoms with Crippen LogP contribution in [-0.2, 0) is 11.0 Å². The van der Waals surface area contributed by atoms with E-state index in [1.807, 2.05) is 0 Å². The second-order valence-corrected chi connectivity index (χ2v) is 7.19. The largest absolute Gasteiger partial charge is 0.492 e. The van der Waals surface area contributed by atoms with Crippen molar-refractivity contribution in [1.82, 2.24) is 4.90 Å². The van der Waals surface area contributed by atoms with Crippen LogP contribution in [0.5, 0.6) is 5.75 Å². The van der Waals surface area contributed by atoms with Gasteiger partial charge in [-0.15, -0.1) is 0 Å². The number of alkyl halides is 3. The molecule has 3 rings (SSSR count). The molecule has 9 heteroatoms. The molecule has 1 heterocycles. The zero-order chi connectivity index (χ0) is 20.3. The number of carbonyl (C=O) groups is 2. The second kappa shape index (κ2) is 8.28. The van der Waals surface area contributed by atoms with Crippen LogP contribution in [0.1, 0.15) is 11.1 Å². The van der Waals surface area contributed by atoms with E-state index in [0.717, 1.165) is 28.8 Å². The van der Waals surface area contributed by atoms with Gasteiger partial charge >= 0.3 is 6.18 Å². The molecule has 146 valence electrons. The molecule has 2 amide bonds. The number of benzene rings is 2. The minimum absolute atomic E-state index is 0.0532. The molecule has 0 radical (unpaired) electrons. The number of halogens is 4. The minimum atomic E-state index is -4.43. The summed E-state index contributed by atoms with van der Waals surface area (Å²) in [7, 11) is 0. The van der Waals surface area contributed by atoms with E-state index < -0.39 is 22.9 Å². The molecule has 2 aromatic carbocycles. The Bertz CT molecular complexity index is 912. The summed E-state index contributed by atoms with van der Waals surface area (Å²) in [5, 5.41) is 0.106. The molecule has 1 fully saturated rings. The second-order valence-electron chi connectivity index (χ2n) is 5.76. The number of carbonyl (C=O) groups excluding carboxylic acids is 2. The molecule has 0 saturated carbocycles. The number of ether oxygens (including phenoxy) is 1. The number of hydrogen-bond acceptors (Lipinski definition) is 4. The van der Waals surface area contributed by atoms with Crippen molar-refractivity contribution in [3.05, 3.63) is 69.6 Å². The van der Waals surface area contributed by atoms with Crippen molar-refractivity contribution in [3.63, 3.8) is 0 Å². The van der Waals surface area contributed by atoms with Crippen LogP contribution >= 0.6 is 23.4 Å². The maximum absolute atomic E-state index is 12.6. The Morgan fingerprint density at radius 1 is 1.04 bits per heavy atom. The van der Waals surface area contributed by atoms with Crippen molar-refractivity contribution in [2.75, 3.05) is 13.2 Å². The van der Waals surface area contributed by atoms with Crippen LogP contribution in [0.4, 0.5) is 18.0 Å². The van der Waals surface area contributed by atoms with Gasteiger partial charge in [0.25, 0.3) is 11.1 Å². The van der Waals surface area contributed by atoms with Gasteiger partial charge in [-0.1, -0.05) is 23.7 Å². The first-order valence-corrected chi connectivity index (χ1v) is 9.24. The lowest BCUT2D eigenvalue weighted by atomic mass is 10.1. The van der Waals surface area contributed by atoms with Gasteiger partial charge in [-0.05, 0) is 59.8 Å². The summed E-state index contributed by atoms with van der Waals surface area (Å²) in [4.78, 5) is 25.6. The third-order valence-corrected chi connectivity index (χ3v) is 4.97. The van der Waals surface area contributed by atoms with Crippen molar-refractivity contribution < 1.29 is 27.5 Å². The highest BCUT2D eigenvalue weighted by molar-refractivity contribution is 8.18. The lowest BCUT2D eigenvalue weighted by Crippen LogP contribution is -2.32. The van der Waals surface area contributed by atoms with Crippen LogP contribution in [0, 0.1) is 0 Å². The first-order valence-electron chi connectivity index (χ1n) is 8.05. The molecule has 28 heavy (non-hydrogen) atoms. The Morgan fingerprint density at radius 2 is 1.68 bits per heavy atom. The molecule has 1 saturated heterocycles. The summed E-state index contributed by atoms with van der Waals surface area (Å²) in [5.41, 5.74) is -0.381. The molecular weight excluding hydrogens is 415 g/mol. The zero-order valence-electron chi connectivity index (χ0n) is 14.2. The van der Waals surface area contributed by atoms with E-state index >= 15 is 0 Å². The van der Waals surface area contributed by atoms with Crippen molar-refractivity contribution in [2.24, 2.45) is 0 Å². The molecule has 0 aromatic heterocycles. The SMILES string of the molecule is O=C1S/C(=C\c2ccc(C(F)(F)F)cc2)C(=O)N1CCOc1ccc(Cl)cc1. The van der Waals surface area contributed by atoms with E-state index in [1.165, 1.54) is 18.2 Å². The number of rotatable bonds is 5. The van der Waals surface area contributed by atoms with Crippen LogP contribution in [0.15, 0.2) is 53.4 Å². The maximum atomic E-state index is 12.6. The van der Waals surface area contributed by atoms with Crippen LogP contribution in [-0.4, -0.2) is 29.2 Å². The van der Waals surface area contributed by atoms with Crippen LogP contribution in [0.25, 0.3) is 6.08 Å². The molecule has 0 spiro atoms. The Morgan fingerprint density at radius 3 is 2.29 bits per heavy atom. The molecule has 0 aliphatic carbocycles. The van der Waals surface area contributed by atoms with Gasteiger partial charge in [0.1, 0.15) is 12.4 Å². The molecule has 0 atom stereocenters. The van der Waals surface area contributed by atoms with Crippen LogP contribution < -0.4 is 4.74 Å². The van der Waals surface area contributed by atoms with Gasteiger partial charge in [-0.3, -0.25) is 14.5 Å². The molecule has 0 bridgehead atoms. The lowest BCUT2D eigenvalue weighted by Gasteiger charge is -2.13. The van der Waals surface area contributed by atoms with Gasteiger partial charge in [-0.25, -0.2) is 0 Å². The Labute approximate surface area is 167 Å². The first-order chi connectivity index (χ1) is 13.2. The van der Waals surface area contributed by atoms with Crippen molar-refractivity contribution in [1.29, 1.82) is 0 Å². The smallest absolute Gasteiger partial charge is 0.416 e. The average molecular weight is 428 g/mol. The van der Waals surface area contributed by atoms with E-state index in [1.54, 1.807) is 24.3 Å². The van der Waals surface area contributed by atoms with Crippen molar-refractivity contribution >= 4 is 40.6 Å². The fraction of sp³-hybridized carbons (Fsp3) is 0.158. The molecule has 4 nitrogen and oxygen atoms in total. The minimum Gasteiger partial charge on any atom is -0.492 e. The summed E-state index contributed by atoms with van der Waals surface area (Å²) in [5.74, 6) is 0.0475. The Balaban J connectivity index is 1.62. The molecule has 1 aliphatic heterocycles. The highest BCUT2D eigenvalue weighted by Crippen LogP contribution is 2.33. The topological polar surface area (TPSA) is 46.6 Å². The number of hydrogen-bond donors (Lipinski definition) is 0. The van der Waals surface area contributed by atoms with Gasteiger partial charge in [0, 0.05) is 5.02 Å². The monoisotopic (exact) mass is 427 g/mol. The highest BCUT2D eigenvalue weighted by atomic mass is 35.5. The van der Waals surface area contributed by atoms with E-state index in [9.17, 15) is 22.8 Å². The van der Waals surface area contributed by atoms with Gasteiger partial charge < -0.3 is 4.74 Å². The summed E-state index contributed by atoms with van der Waals surface area (Å²) in [6, 6.07) is 11.0. The van der Waals surface area contributed by atoms with Gasteiger partial charge in [0.2, 0.25) is 0 Å². The average Bonchev–Trinajstić information content (AvgIpc) is 2.90. The predicted octanol–water partition coefficient (Wildman–Crippen LogP) is 5.47. The third kappa shape index (κ3) is 4.88. The molecular formula is C19H13ClF3NO3S. The maximum Gasteiger partial charge on any atom is 0.416 e. The normalized spacial score (nSPS) is 16.1. The number of amides is 2. The number of nitrogens with zero attached hydrogens (tertiary/aromatic N) is 1. The van der Waals surface area contributed by atoms with Crippen LogP contribution in [0.3, 0.4) is 0 Å². The predicted molar refractivity (Wildman–Crippen MR) is 101 cm³/mol. The number of imide groups is 1. The van der Waals surface area contributed by atoms with Crippen molar-refractivity contribution in [3.8, 4) is 5.75 Å². The summed E-state index contributed by atoms with van der Waals surface area (Å²) in [6.07, 6.45) is -3.04.